The van der Waals surface area contributed by atoms with Gasteiger partial charge in [-0.2, -0.15) is 0 Å². The first-order valence-corrected chi connectivity index (χ1v) is 17.6. The highest BCUT2D eigenvalue weighted by atomic mass is 79.9. The second-order valence-electron chi connectivity index (χ2n) is 8.27. The lowest BCUT2D eigenvalue weighted by Gasteiger charge is -2.05. The molecule has 0 aliphatic rings. The van der Waals surface area contributed by atoms with E-state index in [4.69, 9.17) is 19.3 Å². The number of thiophene rings is 3. The fourth-order valence-corrected chi connectivity index (χ4v) is 4.55. The maximum absolute atomic E-state index is 10.1. The van der Waals surface area contributed by atoms with E-state index < -0.39 is 8.07 Å². The summed E-state index contributed by atoms with van der Waals surface area (Å²) < 4.78 is 1.000. The Labute approximate surface area is 256 Å². The molecule has 38 heavy (non-hydrogen) atoms. The van der Waals surface area contributed by atoms with Crippen molar-refractivity contribution in [1.29, 1.82) is 0 Å². The largest absolute Gasteiger partial charge is 0.323 e. The Morgan fingerprint density at radius 3 is 1.55 bits per heavy atom. The van der Waals surface area contributed by atoms with Crippen LogP contribution in [0.1, 0.15) is 34.0 Å². The van der Waals surface area contributed by atoms with E-state index >= 15 is 0 Å². The highest BCUT2D eigenvalue weighted by Gasteiger charge is 2.05. The van der Waals surface area contributed by atoms with Gasteiger partial charge in [0, 0.05) is 11.4 Å². The Bertz CT molecular complexity index is 1180. The lowest BCUT2D eigenvalue weighted by molar-refractivity contribution is 0.111. The van der Waals surface area contributed by atoms with Gasteiger partial charge in [-0.25, -0.2) is 0 Å². The highest BCUT2D eigenvalue weighted by molar-refractivity contribution is 9.11. The first kappa shape index (κ1) is 40.5. The van der Waals surface area contributed by atoms with Crippen molar-refractivity contribution in [2.75, 3.05) is 28.2 Å². The molecule has 0 radical (unpaired) electrons. The standard InChI is InChI=1S/C9H11NS.C7H4OS.C5H3BrOS.C5H10Si.C2H7N.ClH/c1-4-8-5-6-9(11-8)7-10(2)3;1-2-6-3-4-7(5-8)9-6;6-5-2-1-4(3-7)8-5;1-5-6(2,3)4;1-3-2;/h1,5-6H,7H2,2-3H3;1,3-5H;1-3H;1H,2-4H3;3H,1-2H3;1H. The molecule has 0 atom stereocenters. The first-order valence-electron chi connectivity index (χ1n) is 10.9. The van der Waals surface area contributed by atoms with Crippen LogP contribution in [-0.4, -0.2) is 53.7 Å². The number of hydrogen-bond acceptors (Lipinski definition) is 7. The first-order chi connectivity index (χ1) is 17.4. The van der Waals surface area contributed by atoms with E-state index in [0.717, 1.165) is 37.5 Å². The molecule has 206 valence electrons. The molecule has 0 saturated carbocycles. The van der Waals surface area contributed by atoms with Crippen molar-refractivity contribution < 1.29 is 9.59 Å². The molecule has 0 unspecified atom stereocenters. The smallest absolute Gasteiger partial charge is 0.160 e. The molecular weight excluding hydrogens is 636 g/mol. The number of halogens is 2. The molecule has 0 bridgehead atoms. The average molecular weight is 672 g/mol. The topological polar surface area (TPSA) is 49.4 Å². The molecule has 4 nitrogen and oxygen atoms in total. The van der Waals surface area contributed by atoms with Gasteiger partial charge in [-0.15, -0.1) is 71.2 Å². The number of carbonyl (C=O) groups excluding carboxylic acids is 2. The Hall–Kier alpha value is -1.97. The van der Waals surface area contributed by atoms with Crippen LogP contribution in [0.25, 0.3) is 0 Å². The van der Waals surface area contributed by atoms with Crippen molar-refractivity contribution in [3.63, 3.8) is 0 Å². The molecule has 0 fully saturated rings. The van der Waals surface area contributed by atoms with Crippen molar-refractivity contribution in [2.24, 2.45) is 0 Å². The van der Waals surface area contributed by atoms with Gasteiger partial charge < -0.3 is 10.2 Å². The summed E-state index contributed by atoms with van der Waals surface area (Å²) in [6.45, 7) is 7.42. The third kappa shape index (κ3) is 23.2. The minimum atomic E-state index is -1.10. The summed E-state index contributed by atoms with van der Waals surface area (Å²) >= 11 is 7.68. The van der Waals surface area contributed by atoms with Crippen molar-refractivity contribution in [3.05, 3.63) is 64.6 Å². The van der Waals surface area contributed by atoms with Gasteiger partial charge in [0.25, 0.3) is 0 Å². The average Bonchev–Trinajstić information content (AvgIpc) is 3.60. The SMILES string of the molecule is C#C[Si](C)(C)C.C#Cc1ccc(C=O)s1.C#Cc1ccc(CN(C)C)s1.CNC.Cl.O=Cc1ccc(Br)s1. The summed E-state index contributed by atoms with van der Waals surface area (Å²) in [5.41, 5.74) is 2.74. The zero-order valence-electron chi connectivity index (χ0n) is 22.8. The number of carbonyl (C=O) groups is 2. The van der Waals surface area contributed by atoms with Crippen LogP contribution in [0.5, 0.6) is 0 Å². The zero-order chi connectivity index (χ0) is 28.9. The highest BCUT2D eigenvalue weighted by Crippen LogP contribution is 2.20. The van der Waals surface area contributed by atoms with Crippen LogP contribution in [0.4, 0.5) is 0 Å². The second kappa shape index (κ2) is 24.1. The van der Waals surface area contributed by atoms with Gasteiger partial charge in [0.2, 0.25) is 0 Å². The van der Waals surface area contributed by atoms with Crippen LogP contribution in [0.2, 0.25) is 19.6 Å². The van der Waals surface area contributed by atoms with E-state index in [1.807, 2.05) is 26.2 Å². The summed E-state index contributed by atoms with van der Waals surface area (Å²) in [6, 6.07) is 11.2. The van der Waals surface area contributed by atoms with E-state index in [0.29, 0.717) is 4.88 Å². The van der Waals surface area contributed by atoms with Crippen LogP contribution in [0.15, 0.2) is 40.2 Å². The van der Waals surface area contributed by atoms with Crippen molar-refractivity contribution >= 4 is 83.0 Å². The van der Waals surface area contributed by atoms with Gasteiger partial charge >= 0.3 is 0 Å². The molecule has 0 saturated heterocycles. The number of rotatable bonds is 4. The van der Waals surface area contributed by atoms with Gasteiger partial charge in [0.1, 0.15) is 8.07 Å². The van der Waals surface area contributed by atoms with Crippen molar-refractivity contribution in [1.82, 2.24) is 10.2 Å². The maximum atomic E-state index is 10.1. The number of aldehydes is 2. The zero-order valence-corrected chi connectivity index (χ0v) is 28.7. The molecule has 0 amide bonds. The van der Waals surface area contributed by atoms with Gasteiger partial charge in [-0.1, -0.05) is 31.5 Å². The third-order valence-electron chi connectivity index (χ3n) is 3.30. The summed E-state index contributed by atoms with van der Waals surface area (Å²) in [5, 5.41) is 2.75. The van der Waals surface area contributed by atoms with Crippen LogP contribution >= 0.6 is 62.3 Å². The van der Waals surface area contributed by atoms with Crippen molar-refractivity contribution in [2.45, 2.75) is 26.2 Å². The van der Waals surface area contributed by atoms with Crippen LogP contribution in [-0.2, 0) is 6.54 Å². The lowest BCUT2D eigenvalue weighted by Crippen LogP contribution is -2.15. The Balaban J connectivity index is -0.000000419. The molecule has 3 heterocycles. The predicted octanol–water partition coefficient (Wildman–Crippen LogP) is 7.41. The lowest BCUT2D eigenvalue weighted by atomic mass is 10.4. The Kier molecular flexibility index (Phi) is 25.7. The quantitative estimate of drug-likeness (QED) is 0.178. The van der Waals surface area contributed by atoms with Crippen LogP contribution < -0.4 is 5.32 Å². The number of nitrogens with one attached hydrogen (secondary N) is 1. The minimum absolute atomic E-state index is 0. The Morgan fingerprint density at radius 1 is 0.868 bits per heavy atom. The molecule has 0 aliphatic heterocycles. The Morgan fingerprint density at radius 2 is 1.29 bits per heavy atom. The summed E-state index contributed by atoms with van der Waals surface area (Å²) in [7, 11) is 6.75. The van der Waals surface area contributed by atoms with Crippen molar-refractivity contribution in [3.8, 4) is 36.7 Å². The van der Waals surface area contributed by atoms with E-state index in [9.17, 15) is 9.59 Å². The predicted molar refractivity (Wildman–Crippen MR) is 179 cm³/mol. The number of hydrogen-bond donors (Lipinski definition) is 1. The van der Waals surface area contributed by atoms with E-state index in [-0.39, 0.29) is 12.4 Å². The van der Waals surface area contributed by atoms with Crippen LogP contribution in [0.3, 0.4) is 0 Å². The molecule has 0 aliphatic carbocycles. The number of nitrogens with zero attached hydrogens (tertiary/aromatic N) is 1. The molecule has 3 aromatic heterocycles. The second-order valence-corrected chi connectivity index (χ2v) is 17.8. The molecule has 0 aromatic carbocycles. The van der Waals surface area contributed by atoms with Gasteiger partial charge in [0.05, 0.1) is 23.3 Å². The molecule has 10 heteroatoms. The van der Waals surface area contributed by atoms with E-state index in [2.05, 4.69) is 83.3 Å². The normalized spacial score (nSPS) is 8.89. The third-order valence-corrected chi connectivity index (χ3v) is 7.66. The minimum Gasteiger partial charge on any atom is -0.323 e. The van der Waals surface area contributed by atoms with Gasteiger partial charge in [-0.3, -0.25) is 9.59 Å². The fraction of sp³-hybridized carbons (Fsp3) is 0.286. The molecule has 0 spiro atoms. The molecule has 3 aromatic rings. The number of terminal acetylenes is 3. The monoisotopic (exact) mass is 670 g/mol. The molecule has 3 rings (SSSR count). The van der Waals surface area contributed by atoms with Gasteiger partial charge in [-0.05, 0) is 80.5 Å². The molecule has 1 N–H and O–H groups in total. The summed E-state index contributed by atoms with van der Waals surface area (Å²) in [5.74, 6) is 5.06. The van der Waals surface area contributed by atoms with E-state index in [1.54, 1.807) is 29.5 Å². The van der Waals surface area contributed by atoms with E-state index in [1.165, 1.54) is 27.6 Å². The van der Waals surface area contributed by atoms with Gasteiger partial charge in [0.15, 0.2) is 12.6 Å². The van der Waals surface area contributed by atoms with Crippen LogP contribution in [0, 0.1) is 36.7 Å². The fourth-order valence-electron chi connectivity index (χ4n) is 1.74. The maximum Gasteiger partial charge on any atom is 0.160 e. The summed E-state index contributed by atoms with van der Waals surface area (Å²) in [4.78, 5) is 26.8. The molecular formula is C28H36BrClN2O2S3Si. The summed E-state index contributed by atoms with van der Waals surface area (Å²) in [6.07, 6.45) is 17.1.